The average molecular weight is 1990 g/mol. The van der Waals surface area contributed by atoms with E-state index in [-0.39, 0.29) is 155 Å². The first kappa shape index (κ1) is 99.0. The SMILES string of the molecule is CC1(C)OCC(CN)O1.Cc1c(Cc2ccc(I)cc2F)c2c(=O)n(CC(O)CO)c(C)cc2oc1=O.Cc1c(O)c2c(=O)n(CC3COC(C)(C)O3)c(C)cc2oc1=O.Cc1cc(O)cc(=O)n1CC1COC(C)(C)O1.Cc1cc(O)cc(=O)o1.Cc1ccc(S(=O)(=O)Oc2c(C)c(=O)oc3cc(C)n(CC4COC(C)(C)O4)c(=O)c23)cc1.[CH3-].[W]. The number of fused-ring (bicyclic) bond motifs is 3. The average Bonchev–Trinajstić information content (AvgIpc) is 0.947. The summed E-state index contributed by atoms with van der Waals surface area (Å²) in [5, 5.41) is 47.1. The third-order valence-corrected chi connectivity index (χ3v) is 21.1. The summed E-state index contributed by atoms with van der Waals surface area (Å²) in [6.07, 6.45) is -1.74. The minimum Gasteiger partial charge on any atom is -0.508 e. The maximum Gasteiger partial charge on any atom is 0.342 e. The first-order valence-electron chi connectivity index (χ1n) is 37.6. The number of rotatable bonds is 15. The summed E-state index contributed by atoms with van der Waals surface area (Å²) in [7, 11) is -4.31. The minimum atomic E-state index is -4.31. The zero-order chi connectivity index (χ0) is 88.0. The topological polar surface area (TPSA) is 453 Å². The first-order valence-corrected chi connectivity index (χ1v) is 40.1. The van der Waals surface area contributed by atoms with Gasteiger partial charge >= 0.3 is 32.6 Å². The zero-order valence-electron chi connectivity index (χ0n) is 70.3. The number of hydrogen-bond donors (Lipinski definition) is 6. The number of aromatic nitrogens is 4. The molecule has 0 aliphatic carbocycles. The molecule has 0 spiro atoms. The van der Waals surface area contributed by atoms with Crippen molar-refractivity contribution in [3.05, 3.63) is 247 Å². The number of hydrogen-bond acceptors (Lipinski definition) is 29. The van der Waals surface area contributed by atoms with Gasteiger partial charge in [0.25, 0.3) is 22.2 Å². The fraction of sp³-hybridized carbons (Fsp3) is 0.440. The molecule has 0 radical (unpaired) electrons. The van der Waals surface area contributed by atoms with E-state index in [4.69, 9.17) is 71.3 Å². The molecule has 4 saturated heterocycles. The van der Waals surface area contributed by atoms with E-state index in [0.717, 1.165) is 15.2 Å². The number of benzene rings is 2. The fourth-order valence-electron chi connectivity index (χ4n) is 13.1. The molecule has 121 heavy (non-hydrogen) atoms. The molecule has 658 valence electrons. The predicted octanol–water partition coefficient (Wildman–Crippen LogP) is 8.70. The maximum atomic E-state index is 14.4. The van der Waals surface area contributed by atoms with E-state index < -0.39 is 91.0 Å². The van der Waals surface area contributed by atoms with E-state index >= 15 is 0 Å². The third kappa shape index (κ3) is 25.1. The second kappa shape index (κ2) is 40.5. The van der Waals surface area contributed by atoms with Gasteiger partial charge < -0.3 is 117 Å². The molecule has 0 amide bonds. The van der Waals surface area contributed by atoms with Crippen LogP contribution >= 0.6 is 22.6 Å². The predicted molar refractivity (Wildman–Crippen MR) is 448 cm³/mol. The van der Waals surface area contributed by atoms with Crippen LogP contribution in [-0.4, -0.2) is 145 Å². The van der Waals surface area contributed by atoms with Crippen LogP contribution in [0.15, 0.2) is 146 Å². The Morgan fingerprint density at radius 1 is 0.529 bits per heavy atom. The summed E-state index contributed by atoms with van der Waals surface area (Å²) in [5.74, 6) is -3.18. The number of aromatic hydroxyl groups is 3. The molecular weight excluding hydrogens is 1890 g/mol. The Labute approximate surface area is 722 Å². The summed E-state index contributed by atoms with van der Waals surface area (Å²) < 4.78 is 117. The van der Waals surface area contributed by atoms with Gasteiger partial charge in [0.1, 0.15) is 79.6 Å². The van der Waals surface area contributed by atoms with Crippen molar-refractivity contribution in [3.63, 3.8) is 0 Å². The molecule has 10 aromatic rings. The van der Waals surface area contributed by atoms with Crippen molar-refractivity contribution in [1.82, 2.24) is 18.3 Å². The molecule has 8 aromatic heterocycles. The van der Waals surface area contributed by atoms with E-state index in [1.54, 1.807) is 89.4 Å². The van der Waals surface area contributed by atoms with Gasteiger partial charge in [0.15, 0.2) is 28.9 Å². The van der Waals surface area contributed by atoms with Gasteiger partial charge in [-0.1, -0.05) is 23.8 Å². The number of nitrogens with two attached hydrogens (primary N) is 1. The molecule has 2 aromatic carbocycles. The molecule has 4 aliphatic heterocycles. The molecule has 14 rings (SSSR count). The summed E-state index contributed by atoms with van der Waals surface area (Å²) in [4.78, 5) is 97.6. The van der Waals surface area contributed by atoms with E-state index in [9.17, 15) is 66.5 Å². The zero-order valence-corrected chi connectivity index (χ0v) is 76.2. The van der Waals surface area contributed by atoms with Gasteiger partial charge in [-0.25, -0.2) is 23.6 Å². The Morgan fingerprint density at radius 2 is 0.950 bits per heavy atom. The number of aliphatic hydroxyl groups excluding tert-OH is 2. The molecule has 0 saturated carbocycles. The Bertz CT molecular complexity index is 6040. The van der Waals surface area contributed by atoms with Crippen LogP contribution in [0, 0.1) is 79.1 Å². The number of aryl methyl sites for hydroxylation is 6. The third-order valence-electron chi connectivity index (χ3n) is 19.2. The Hall–Kier alpha value is -9.12. The van der Waals surface area contributed by atoms with Crippen LogP contribution in [0.4, 0.5) is 4.39 Å². The molecular formula is C84H102FIN5O28SW-. The molecule has 33 nitrogen and oxygen atoms in total. The van der Waals surface area contributed by atoms with Crippen LogP contribution in [0.3, 0.4) is 0 Å². The molecule has 4 fully saturated rings. The van der Waals surface area contributed by atoms with Crippen molar-refractivity contribution < 1.29 is 119 Å². The fourth-order valence-corrected chi connectivity index (χ4v) is 14.6. The van der Waals surface area contributed by atoms with Crippen LogP contribution in [0.25, 0.3) is 32.9 Å². The normalized spacial score (nSPS) is 18.0. The van der Waals surface area contributed by atoms with Gasteiger partial charge in [0.05, 0.1) is 94.0 Å². The van der Waals surface area contributed by atoms with Crippen LogP contribution in [0.1, 0.15) is 117 Å². The van der Waals surface area contributed by atoms with Crippen LogP contribution in [-0.2, 0) is 102 Å². The molecule has 12 heterocycles. The second-order valence-electron chi connectivity index (χ2n) is 30.7. The summed E-state index contributed by atoms with van der Waals surface area (Å²) >= 11 is 2.00. The number of halogens is 2. The summed E-state index contributed by atoms with van der Waals surface area (Å²) in [6, 6.07) is 20.6. The van der Waals surface area contributed by atoms with Crippen molar-refractivity contribution in [3.8, 4) is 23.0 Å². The molecule has 37 heteroatoms. The Kier molecular flexibility index (Phi) is 33.1. The van der Waals surface area contributed by atoms with Gasteiger partial charge in [-0.3, -0.25) is 19.2 Å². The monoisotopic (exact) mass is 1990 g/mol. The van der Waals surface area contributed by atoms with Gasteiger partial charge in [0, 0.05) is 96.3 Å². The summed E-state index contributed by atoms with van der Waals surface area (Å²) in [6.45, 7) is 31.9. The molecule has 5 atom stereocenters. The van der Waals surface area contributed by atoms with Crippen LogP contribution in [0.5, 0.6) is 23.0 Å². The Balaban J connectivity index is 0.000000210. The van der Waals surface area contributed by atoms with E-state index in [2.05, 4.69) is 4.42 Å². The van der Waals surface area contributed by atoms with Crippen molar-refractivity contribution in [1.29, 1.82) is 0 Å². The standard InChI is InChI=1S/C23H25NO8S.C20H19FINO5.C16H19NO6.C12H17NO4.C6H13NO2.C6H6O3.CH3.W/c1-13-6-8-17(9-7-13)33(27,28)32-20-15(3)22(26)30-18-10-14(2)24(21(25)19(18)20)11-16-12-29-23(4,5)31-16;1-10-5-17-18(19(26)23(10)8-14(25)9-24)15(11(2)20(27)28-17)6-12-3-4-13(22)7-16(12)21;1-8-5-11-12(13(18)9(2)15(20)22-11)14(19)17(8)6-10-7-21-16(3,4)23-10;1-8-4-9(14)5-11(15)13(8)6-10-7-16-12(2,3)17-10;1-6(2)8-4-5(3-7)9-6;1-4-2-5(7)3-6(8)9-4;;/h6-10,16H,11-12H2,1-5H3;3-5,7,14,24-25H,6,8-9H2,1-2H3;5,10,18H,6-7H2,1-4H3;4-5,10,14H,6-7H2,1-3H3;5H,3-4,7H2,1-2H3;2-3,7H,1H3;1H3;/q;;;;;;-1;. The van der Waals surface area contributed by atoms with Crippen molar-refractivity contribution in [2.75, 3.05) is 39.6 Å². The molecule has 4 aliphatic rings. The quantitative estimate of drug-likeness (QED) is 0.0317. The minimum absolute atomic E-state index is 0. The Morgan fingerprint density at radius 3 is 1.39 bits per heavy atom. The van der Waals surface area contributed by atoms with E-state index in [1.165, 1.54) is 76.9 Å². The maximum absolute atomic E-state index is 14.4. The molecule has 7 N–H and O–H groups in total. The van der Waals surface area contributed by atoms with Crippen molar-refractivity contribution in [2.45, 2.75) is 209 Å². The van der Waals surface area contributed by atoms with Crippen molar-refractivity contribution >= 4 is 65.6 Å². The second-order valence-corrected chi connectivity index (χ2v) is 33.5. The van der Waals surface area contributed by atoms with Gasteiger partial charge in [-0.05, 0) is 182 Å². The van der Waals surface area contributed by atoms with Crippen molar-refractivity contribution in [2.24, 2.45) is 5.73 Å². The van der Waals surface area contributed by atoms with E-state index in [0.29, 0.717) is 85.7 Å². The first-order chi connectivity index (χ1) is 55.5. The number of nitrogens with zero attached hydrogens (tertiary/aromatic N) is 4. The smallest absolute Gasteiger partial charge is 0.342 e. The number of ether oxygens (including phenoxy) is 8. The number of pyridine rings is 4. The molecule has 0 bridgehead atoms. The van der Waals surface area contributed by atoms with Gasteiger partial charge in [-0.2, -0.15) is 8.42 Å². The van der Waals surface area contributed by atoms with Crippen LogP contribution < -0.4 is 54.7 Å². The van der Waals surface area contributed by atoms with Gasteiger partial charge in [-0.15, -0.1) is 0 Å². The van der Waals surface area contributed by atoms with E-state index in [1.807, 2.05) is 71.1 Å². The largest absolute Gasteiger partial charge is 0.508 e. The van der Waals surface area contributed by atoms with Crippen LogP contribution in [0.2, 0.25) is 0 Å². The summed E-state index contributed by atoms with van der Waals surface area (Å²) in [5.41, 5.74) is 5.36. The molecule has 5 unspecified atom stereocenters. The number of aliphatic hydroxyl groups is 2. The van der Waals surface area contributed by atoms with Gasteiger partial charge in [0.2, 0.25) is 0 Å².